The van der Waals surface area contributed by atoms with Crippen molar-refractivity contribution >= 4 is 29.0 Å². The first-order valence-corrected chi connectivity index (χ1v) is 6.41. The molecule has 0 aromatic rings. The van der Waals surface area contributed by atoms with Gasteiger partial charge in [0, 0.05) is 46.1 Å². The zero-order chi connectivity index (χ0) is 13.5. The maximum atomic E-state index is 11.8. The first-order chi connectivity index (χ1) is 8.49. The van der Waals surface area contributed by atoms with Crippen LogP contribution in [0.4, 0.5) is 0 Å². The normalized spacial score (nSPS) is 16.2. The van der Waals surface area contributed by atoms with Crippen molar-refractivity contribution in [1.29, 1.82) is 0 Å². The Kier molecular flexibility index (Phi) is 6.00. The minimum atomic E-state index is 0.0236. The largest absolute Gasteiger partial charge is 0.393 e. The molecule has 0 aromatic carbocycles. The van der Waals surface area contributed by atoms with E-state index in [1.165, 1.54) is 0 Å². The van der Waals surface area contributed by atoms with E-state index in [1.807, 2.05) is 4.90 Å². The summed E-state index contributed by atoms with van der Waals surface area (Å²) < 4.78 is 0. The van der Waals surface area contributed by atoms with Gasteiger partial charge in [0.05, 0.1) is 11.5 Å². The fourth-order valence-electron chi connectivity index (χ4n) is 1.73. The number of thiocarbonyl (C=S) groups is 1. The quantitative estimate of drug-likeness (QED) is 0.603. The SMILES string of the molecule is CN(CCC(N)=S)C(=O)CCN1CCNC(=O)C1. The Morgan fingerprint density at radius 1 is 1.56 bits per heavy atom. The molecular weight excluding hydrogens is 252 g/mol. The Balaban J connectivity index is 2.23. The number of nitrogens with zero attached hydrogens (tertiary/aromatic N) is 2. The van der Waals surface area contributed by atoms with Crippen LogP contribution in [0, 0.1) is 0 Å². The second kappa shape index (κ2) is 7.27. The number of rotatable bonds is 6. The van der Waals surface area contributed by atoms with Gasteiger partial charge in [-0.25, -0.2) is 0 Å². The van der Waals surface area contributed by atoms with E-state index < -0.39 is 0 Å². The van der Waals surface area contributed by atoms with Gasteiger partial charge >= 0.3 is 0 Å². The minimum Gasteiger partial charge on any atom is -0.393 e. The standard InChI is InChI=1S/C11H20N4O2S/c1-14(5-2-9(12)18)11(17)3-6-15-7-4-13-10(16)8-15/h2-8H2,1H3,(H2,12,18)(H,13,16). The van der Waals surface area contributed by atoms with E-state index in [0.717, 1.165) is 6.54 Å². The van der Waals surface area contributed by atoms with Gasteiger partial charge in [-0.05, 0) is 0 Å². The summed E-state index contributed by atoms with van der Waals surface area (Å²) in [5.74, 6) is 0.0766. The molecule has 18 heavy (non-hydrogen) atoms. The number of piperazine rings is 1. The lowest BCUT2D eigenvalue weighted by molar-refractivity contribution is -0.131. The van der Waals surface area contributed by atoms with Crippen LogP contribution in [-0.4, -0.2) is 66.4 Å². The molecule has 1 rings (SSSR count). The molecule has 0 radical (unpaired) electrons. The Bertz CT molecular complexity index is 335. The van der Waals surface area contributed by atoms with Crippen LogP contribution in [-0.2, 0) is 9.59 Å². The van der Waals surface area contributed by atoms with Gasteiger partial charge in [0.15, 0.2) is 0 Å². The van der Waals surface area contributed by atoms with Gasteiger partial charge in [-0.1, -0.05) is 12.2 Å². The highest BCUT2D eigenvalue weighted by Crippen LogP contribution is 1.99. The third kappa shape index (κ3) is 5.42. The number of carbonyl (C=O) groups excluding carboxylic acids is 2. The molecule has 0 spiro atoms. The molecule has 0 bridgehead atoms. The molecule has 0 saturated carbocycles. The molecule has 3 N–H and O–H groups in total. The van der Waals surface area contributed by atoms with E-state index in [4.69, 9.17) is 18.0 Å². The fraction of sp³-hybridized carbons (Fsp3) is 0.727. The Morgan fingerprint density at radius 2 is 2.28 bits per heavy atom. The predicted molar refractivity (Wildman–Crippen MR) is 73.1 cm³/mol. The molecule has 7 heteroatoms. The van der Waals surface area contributed by atoms with Crippen molar-refractivity contribution in [3.8, 4) is 0 Å². The molecule has 1 heterocycles. The van der Waals surface area contributed by atoms with Gasteiger partial charge in [0.25, 0.3) is 0 Å². The zero-order valence-electron chi connectivity index (χ0n) is 10.6. The van der Waals surface area contributed by atoms with Gasteiger partial charge in [-0.3, -0.25) is 14.5 Å². The van der Waals surface area contributed by atoms with Crippen LogP contribution >= 0.6 is 12.2 Å². The van der Waals surface area contributed by atoms with Crippen molar-refractivity contribution < 1.29 is 9.59 Å². The molecule has 0 unspecified atom stereocenters. The lowest BCUT2D eigenvalue weighted by Gasteiger charge is -2.27. The van der Waals surface area contributed by atoms with Crippen LogP contribution in [0.15, 0.2) is 0 Å². The topological polar surface area (TPSA) is 78.7 Å². The second-order valence-electron chi connectivity index (χ2n) is 4.41. The molecule has 0 aliphatic carbocycles. The number of hydrogen-bond donors (Lipinski definition) is 2. The number of nitrogens with one attached hydrogen (secondary N) is 1. The maximum absolute atomic E-state index is 11.8. The summed E-state index contributed by atoms with van der Waals surface area (Å²) in [5.41, 5.74) is 5.39. The van der Waals surface area contributed by atoms with Crippen LogP contribution in [0.2, 0.25) is 0 Å². The molecule has 2 amide bonds. The summed E-state index contributed by atoms with van der Waals surface area (Å²) in [7, 11) is 1.74. The number of nitrogens with two attached hydrogens (primary N) is 1. The first-order valence-electron chi connectivity index (χ1n) is 6.00. The number of amides is 2. The number of hydrogen-bond acceptors (Lipinski definition) is 4. The summed E-state index contributed by atoms with van der Waals surface area (Å²) >= 11 is 4.77. The Hall–Kier alpha value is -1.21. The van der Waals surface area contributed by atoms with E-state index >= 15 is 0 Å². The van der Waals surface area contributed by atoms with E-state index in [-0.39, 0.29) is 11.8 Å². The van der Waals surface area contributed by atoms with Gasteiger partial charge in [-0.2, -0.15) is 0 Å². The summed E-state index contributed by atoms with van der Waals surface area (Å²) in [6.07, 6.45) is 0.963. The monoisotopic (exact) mass is 272 g/mol. The summed E-state index contributed by atoms with van der Waals surface area (Å²) in [5, 5.41) is 2.75. The molecule has 6 nitrogen and oxygen atoms in total. The van der Waals surface area contributed by atoms with Crippen molar-refractivity contribution in [2.75, 3.05) is 39.8 Å². The fourth-order valence-corrected chi connectivity index (χ4v) is 1.82. The lowest BCUT2D eigenvalue weighted by atomic mass is 10.3. The molecule has 0 aromatic heterocycles. The van der Waals surface area contributed by atoms with Crippen molar-refractivity contribution in [3.63, 3.8) is 0 Å². The minimum absolute atomic E-state index is 0.0236. The van der Waals surface area contributed by atoms with Gasteiger partial charge in [-0.15, -0.1) is 0 Å². The average Bonchev–Trinajstić information content (AvgIpc) is 2.33. The highest BCUT2D eigenvalue weighted by Gasteiger charge is 2.17. The first kappa shape index (κ1) is 14.8. The second-order valence-corrected chi connectivity index (χ2v) is 4.93. The Morgan fingerprint density at radius 3 is 2.89 bits per heavy atom. The van der Waals surface area contributed by atoms with Gasteiger partial charge < -0.3 is 16.0 Å². The van der Waals surface area contributed by atoms with Gasteiger partial charge in [0.2, 0.25) is 11.8 Å². The summed E-state index contributed by atoms with van der Waals surface area (Å²) in [6.45, 7) is 3.00. The smallest absolute Gasteiger partial charge is 0.234 e. The molecule has 1 saturated heterocycles. The third-order valence-corrected chi connectivity index (χ3v) is 3.08. The van der Waals surface area contributed by atoms with Crippen LogP contribution in [0.1, 0.15) is 12.8 Å². The van der Waals surface area contributed by atoms with E-state index in [1.54, 1.807) is 11.9 Å². The third-order valence-electron chi connectivity index (χ3n) is 2.88. The van der Waals surface area contributed by atoms with E-state index in [9.17, 15) is 9.59 Å². The lowest BCUT2D eigenvalue weighted by Crippen LogP contribution is -2.48. The van der Waals surface area contributed by atoms with Crippen LogP contribution in [0.5, 0.6) is 0 Å². The predicted octanol–water partition coefficient (Wildman–Crippen LogP) is -1.06. The zero-order valence-corrected chi connectivity index (χ0v) is 11.5. The van der Waals surface area contributed by atoms with Crippen LogP contribution in [0.25, 0.3) is 0 Å². The molecule has 1 aliphatic rings. The van der Waals surface area contributed by atoms with Crippen LogP contribution < -0.4 is 11.1 Å². The molecule has 0 atom stereocenters. The van der Waals surface area contributed by atoms with Crippen LogP contribution in [0.3, 0.4) is 0 Å². The highest BCUT2D eigenvalue weighted by atomic mass is 32.1. The number of carbonyl (C=O) groups is 2. The molecule has 102 valence electrons. The van der Waals surface area contributed by atoms with Crippen molar-refractivity contribution in [2.45, 2.75) is 12.8 Å². The summed E-state index contributed by atoms with van der Waals surface area (Å²) in [4.78, 5) is 27.0. The van der Waals surface area contributed by atoms with Crippen molar-refractivity contribution in [2.24, 2.45) is 5.73 Å². The highest BCUT2D eigenvalue weighted by molar-refractivity contribution is 7.80. The van der Waals surface area contributed by atoms with Crippen molar-refractivity contribution in [1.82, 2.24) is 15.1 Å². The molecular formula is C11H20N4O2S. The average molecular weight is 272 g/mol. The molecule has 1 fully saturated rings. The summed E-state index contributed by atoms with van der Waals surface area (Å²) in [6, 6.07) is 0. The maximum Gasteiger partial charge on any atom is 0.234 e. The molecule has 1 aliphatic heterocycles. The van der Waals surface area contributed by atoms with E-state index in [2.05, 4.69) is 5.32 Å². The van der Waals surface area contributed by atoms with Gasteiger partial charge in [0.1, 0.15) is 0 Å². The van der Waals surface area contributed by atoms with Crippen molar-refractivity contribution in [3.05, 3.63) is 0 Å². The Labute approximate surface area is 112 Å². The van der Waals surface area contributed by atoms with E-state index in [0.29, 0.717) is 44.0 Å².